The normalized spacial score (nSPS) is 15.6. The van der Waals surface area contributed by atoms with E-state index in [1.54, 1.807) is 0 Å². The van der Waals surface area contributed by atoms with Crippen LogP contribution in [0.4, 0.5) is 22.7 Å². The second-order valence-corrected chi connectivity index (χ2v) is 15.1. The lowest BCUT2D eigenvalue weighted by atomic mass is 10.1. The molecule has 2 amide bonds. The summed E-state index contributed by atoms with van der Waals surface area (Å²) in [6, 6.07) is 16.2. The van der Waals surface area contributed by atoms with Crippen molar-refractivity contribution in [2.45, 2.75) is 9.79 Å². The van der Waals surface area contributed by atoms with E-state index in [4.69, 9.17) is 0 Å². The summed E-state index contributed by atoms with van der Waals surface area (Å²) in [5.41, 5.74) is -1.27. The van der Waals surface area contributed by atoms with Crippen LogP contribution in [0.5, 0.6) is 0 Å². The van der Waals surface area contributed by atoms with E-state index in [1.165, 1.54) is 36.4 Å². The quantitative estimate of drug-likeness (QED) is 0.0511. The number of carbonyl (C=O) groups excluding carboxylic acids is 2. The first kappa shape index (κ1) is 43.1. The fraction of sp³-hybridized carbons (Fsp3) is 0. The molecule has 2 heterocycles. The maximum Gasteiger partial charge on any atom is 0.358 e. The lowest BCUT2D eigenvalue weighted by Gasteiger charge is -2.13. The van der Waals surface area contributed by atoms with Crippen LogP contribution in [0.1, 0.15) is 31.8 Å². The number of aromatic carboxylic acids is 2. The van der Waals surface area contributed by atoms with Crippen LogP contribution in [0.15, 0.2) is 115 Å². The first-order valence-corrected chi connectivity index (χ1v) is 19.6. The van der Waals surface area contributed by atoms with E-state index in [-0.39, 0.29) is 33.9 Å². The minimum Gasteiger partial charge on any atom is -0.478 e. The summed E-state index contributed by atoms with van der Waals surface area (Å²) in [6.45, 7) is 0. The summed E-state index contributed by atoms with van der Waals surface area (Å²) in [7, 11) is -10.2. The van der Waals surface area contributed by atoms with Crippen LogP contribution in [0.3, 0.4) is 0 Å². The molecule has 8 N–H and O–H groups in total. The molecular weight excluding hydrogens is 865 g/mol. The molecule has 0 aromatic heterocycles. The fourth-order valence-electron chi connectivity index (χ4n) is 5.63. The standard InChI is InChI=1S/C36H24N8O16S2/c45-31-27(29(35(51)52)41-43(31)23-7-3-1-5-21(23)33(47)48)39-37-19-13-11-17(25(15-19)61(55,56)57)9-10-18-12-14-20(16-26(18)62(58,59)60)38-40-28-30(36(53)54)42-44(32(28)46)24-8-4-2-6-22(24)34(49)50/h1-16,37-38H,(H,47,48)(H,49,50)(H,51,52)(H,53,54)(H,55,56,57)(H,58,59,60)/b10-9+,39-27+,40-28+. The number of carbonyl (C=O) groups is 6. The van der Waals surface area contributed by atoms with E-state index in [9.17, 15) is 75.1 Å². The van der Waals surface area contributed by atoms with Gasteiger partial charge in [-0.1, -0.05) is 48.6 Å². The van der Waals surface area contributed by atoms with Gasteiger partial charge in [0, 0.05) is 0 Å². The molecule has 0 saturated carbocycles. The van der Waals surface area contributed by atoms with Gasteiger partial charge in [0.1, 0.15) is 9.79 Å². The Morgan fingerprint density at radius 3 is 1.23 bits per heavy atom. The van der Waals surface area contributed by atoms with Crippen LogP contribution >= 0.6 is 0 Å². The largest absolute Gasteiger partial charge is 0.478 e. The average molecular weight is 889 g/mol. The van der Waals surface area contributed by atoms with Crippen molar-refractivity contribution in [1.29, 1.82) is 0 Å². The monoisotopic (exact) mass is 888 g/mol. The Labute approximate surface area is 346 Å². The zero-order valence-electron chi connectivity index (χ0n) is 30.5. The highest BCUT2D eigenvalue weighted by atomic mass is 32.2. The smallest absolute Gasteiger partial charge is 0.358 e. The third-order valence-electron chi connectivity index (χ3n) is 8.39. The first-order valence-electron chi connectivity index (χ1n) is 16.7. The van der Waals surface area contributed by atoms with E-state index >= 15 is 0 Å². The number of benzene rings is 4. The fourth-order valence-corrected chi connectivity index (χ4v) is 7.05. The molecule has 0 radical (unpaired) electrons. The molecule has 0 atom stereocenters. The highest BCUT2D eigenvalue weighted by Gasteiger charge is 2.40. The van der Waals surface area contributed by atoms with Gasteiger partial charge in [0.2, 0.25) is 11.4 Å². The summed E-state index contributed by atoms with van der Waals surface area (Å²) >= 11 is 0. The van der Waals surface area contributed by atoms with Gasteiger partial charge in [-0.2, -0.15) is 47.3 Å². The van der Waals surface area contributed by atoms with Gasteiger partial charge in [0.15, 0.2) is 11.4 Å². The van der Waals surface area contributed by atoms with Gasteiger partial charge in [0.25, 0.3) is 20.2 Å². The highest BCUT2D eigenvalue weighted by Crippen LogP contribution is 2.29. The maximum absolute atomic E-state index is 13.2. The molecule has 2 aliphatic rings. The molecule has 0 spiro atoms. The van der Waals surface area contributed by atoms with E-state index in [2.05, 4.69) is 31.3 Å². The number of hydrogen-bond acceptors (Lipinski definition) is 16. The summed E-state index contributed by atoms with van der Waals surface area (Å²) in [6.07, 6.45) is 2.03. The van der Waals surface area contributed by atoms with Crippen LogP contribution in [-0.4, -0.2) is 105 Å². The van der Waals surface area contributed by atoms with E-state index < -0.39 is 99.7 Å². The SMILES string of the molecule is O=C(O)C1=NN(c2ccccc2C(=O)O)C(=O)/C1=N/Nc1ccc(/C=C/c2ccc(N/N=C3/C(=O)N(c4ccccc4C(=O)O)N=C3C(=O)O)cc2S(=O)(=O)O)c(S(=O)(=O)O)c1. The lowest BCUT2D eigenvalue weighted by Crippen LogP contribution is -2.31. The Kier molecular flexibility index (Phi) is 11.6. The van der Waals surface area contributed by atoms with Crippen molar-refractivity contribution < 1.29 is 75.1 Å². The van der Waals surface area contributed by atoms with Crippen molar-refractivity contribution in [2.24, 2.45) is 20.4 Å². The zero-order valence-corrected chi connectivity index (χ0v) is 32.1. The number of anilines is 4. The predicted molar refractivity (Wildman–Crippen MR) is 215 cm³/mol. The number of rotatable bonds is 14. The second-order valence-electron chi connectivity index (χ2n) is 12.3. The van der Waals surface area contributed by atoms with Crippen molar-refractivity contribution in [3.63, 3.8) is 0 Å². The molecule has 2 aliphatic heterocycles. The molecule has 24 nitrogen and oxygen atoms in total. The topological polar surface area (TPSA) is 372 Å². The zero-order chi connectivity index (χ0) is 45.3. The van der Waals surface area contributed by atoms with Gasteiger partial charge >= 0.3 is 35.7 Å². The Balaban J connectivity index is 1.27. The Morgan fingerprint density at radius 1 is 0.548 bits per heavy atom. The molecule has 4 aromatic carbocycles. The number of carboxylic acid groups (broad SMARTS) is 4. The number of amides is 2. The Morgan fingerprint density at radius 2 is 0.903 bits per heavy atom. The minimum absolute atomic E-state index is 0.245. The summed E-state index contributed by atoms with van der Waals surface area (Å²) < 4.78 is 69.8. The summed E-state index contributed by atoms with van der Waals surface area (Å²) in [5, 5.41) is 54.2. The number of carboxylic acids is 4. The van der Waals surface area contributed by atoms with E-state index in [0.29, 0.717) is 10.0 Å². The highest BCUT2D eigenvalue weighted by molar-refractivity contribution is 7.86. The average Bonchev–Trinajstić information content (AvgIpc) is 3.73. The van der Waals surface area contributed by atoms with Crippen LogP contribution in [0, 0.1) is 0 Å². The van der Waals surface area contributed by atoms with Crippen LogP contribution in [0.25, 0.3) is 12.2 Å². The lowest BCUT2D eigenvalue weighted by molar-refractivity contribution is -0.130. The van der Waals surface area contributed by atoms with Gasteiger partial charge in [-0.3, -0.25) is 29.5 Å². The van der Waals surface area contributed by atoms with Crippen LogP contribution < -0.4 is 20.9 Å². The van der Waals surface area contributed by atoms with Gasteiger partial charge in [-0.25, -0.2) is 19.2 Å². The molecule has 26 heteroatoms. The molecule has 0 fully saturated rings. The molecule has 316 valence electrons. The number of aliphatic carboxylic acids is 2. The maximum atomic E-state index is 13.2. The molecule has 0 unspecified atom stereocenters. The molecule has 62 heavy (non-hydrogen) atoms. The molecule has 0 saturated heterocycles. The van der Waals surface area contributed by atoms with Crippen molar-refractivity contribution >= 4 is 114 Å². The van der Waals surface area contributed by atoms with Crippen LogP contribution in [0.2, 0.25) is 0 Å². The van der Waals surface area contributed by atoms with E-state index in [1.807, 2.05) is 0 Å². The van der Waals surface area contributed by atoms with Gasteiger partial charge in [0.05, 0.1) is 33.9 Å². The Bertz CT molecular complexity index is 2850. The summed E-state index contributed by atoms with van der Waals surface area (Å²) in [5.74, 6) is -8.69. The molecular formula is C36H24N8O16S2. The van der Waals surface area contributed by atoms with Gasteiger partial charge < -0.3 is 20.4 Å². The van der Waals surface area contributed by atoms with E-state index in [0.717, 1.165) is 60.7 Å². The van der Waals surface area contributed by atoms with Crippen LogP contribution in [-0.2, 0) is 39.4 Å². The molecule has 0 aliphatic carbocycles. The Hall–Kier alpha value is -8.46. The minimum atomic E-state index is -5.09. The number of nitrogens with zero attached hydrogens (tertiary/aromatic N) is 6. The number of para-hydroxylation sites is 2. The van der Waals surface area contributed by atoms with Crippen molar-refractivity contribution in [3.8, 4) is 0 Å². The second kappa shape index (κ2) is 16.7. The predicted octanol–water partition coefficient (Wildman–Crippen LogP) is 2.26. The first-order chi connectivity index (χ1) is 29.2. The molecule has 4 aromatic rings. The van der Waals surface area contributed by atoms with Gasteiger partial charge in [-0.15, -0.1) is 0 Å². The van der Waals surface area contributed by atoms with Crippen molar-refractivity contribution in [2.75, 3.05) is 20.9 Å². The van der Waals surface area contributed by atoms with Crippen molar-refractivity contribution in [1.82, 2.24) is 0 Å². The number of nitrogens with one attached hydrogen (secondary N) is 2. The number of hydrogen-bond donors (Lipinski definition) is 8. The number of hydrazone groups is 4. The third kappa shape index (κ3) is 8.77. The molecule has 6 rings (SSSR count). The van der Waals surface area contributed by atoms with Crippen molar-refractivity contribution in [3.05, 3.63) is 107 Å². The summed E-state index contributed by atoms with van der Waals surface area (Å²) in [4.78, 5) is 72.0. The third-order valence-corrected chi connectivity index (χ3v) is 10.2. The molecule has 0 bridgehead atoms. The van der Waals surface area contributed by atoms with Gasteiger partial charge in [-0.05, 0) is 59.7 Å².